The van der Waals surface area contributed by atoms with E-state index in [-0.39, 0.29) is 29.9 Å². The van der Waals surface area contributed by atoms with Gasteiger partial charge in [0.1, 0.15) is 0 Å². The zero-order chi connectivity index (χ0) is 16.5. The first-order chi connectivity index (χ1) is 11.2. The van der Waals surface area contributed by atoms with Crippen LogP contribution in [0.4, 0.5) is 0 Å². The van der Waals surface area contributed by atoms with Crippen LogP contribution >= 0.6 is 24.0 Å². The third kappa shape index (κ3) is 6.86. The van der Waals surface area contributed by atoms with Gasteiger partial charge in [0.05, 0.1) is 0 Å². The van der Waals surface area contributed by atoms with Crippen molar-refractivity contribution in [2.75, 3.05) is 20.1 Å². The molecule has 1 aromatic carbocycles. The molecule has 2 rings (SSSR count). The summed E-state index contributed by atoms with van der Waals surface area (Å²) in [5.41, 5.74) is 1.31. The first-order valence-electron chi connectivity index (χ1n) is 8.00. The number of hydrogen-bond donors (Lipinski definition) is 2. The molecule has 132 valence electrons. The molecule has 2 N–H and O–H groups in total. The van der Waals surface area contributed by atoms with E-state index in [2.05, 4.69) is 50.0 Å². The van der Waals surface area contributed by atoms with Crippen molar-refractivity contribution in [1.82, 2.24) is 20.8 Å². The van der Waals surface area contributed by atoms with Crippen LogP contribution < -0.4 is 10.6 Å². The lowest BCUT2D eigenvalue weighted by Crippen LogP contribution is -2.39. The fraction of sp³-hybridized carbons (Fsp3) is 0.471. The van der Waals surface area contributed by atoms with Crippen molar-refractivity contribution in [3.05, 3.63) is 47.6 Å². The molecule has 0 amide bonds. The number of halogens is 1. The number of nitrogens with zero attached hydrogens (tertiary/aromatic N) is 3. The number of aromatic nitrogens is 2. The van der Waals surface area contributed by atoms with Crippen molar-refractivity contribution in [3.63, 3.8) is 0 Å². The normalized spacial score (nSPS) is 11.2. The molecule has 0 spiro atoms. The second-order valence-corrected chi connectivity index (χ2v) is 5.61. The van der Waals surface area contributed by atoms with E-state index < -0.39 is 0 Å². The third-order valence-corrected chi connectivity index (χ3v) is 3.40. The van der Waals surface area contributed by atoms with Gasteiger partial charge in [0.25, 0.3) is 0 Å². The molecular weight excluding hydrogens is 417 g/mol. The molecule has 0 unspecified atom stereocenters. The van der Waals surface area contributed by atoms with E-state index in [0.717, 1.165) is 24.7 Å². The van der Waals surface area contributed by atoms with Crippen molar-refractivity contribution in [3.8, 4) is 0 Å². The maximum absolute atomic E-state index is 5.22. The largest absolute Gasteiger partial charge is 0.356 e. The van der Waals surface area contributed by atoms with E-state index >= 15 is 0 Å². The minimum atomic E-state index is 0. The van der Waals surface area contributed by atoms with Crippen molar-refractivity contribution < 1.29 is 4.52 Å². The highest BCUT2D eigenvalue weighted by Crippen LogP contribution is 2.09. The Morgan fingerprint density at radius 1 is 1.12 bits per heavy atom. The Hall–Kier alpha value is -1.64. The van der Waals surface area contributed by atoms with Crippen LogP contribution in [0.5, 0.6) is 0 Å². The third-order valence-electron chi connectivity index (χ3n) is 3.40. The fourth-order valence-electron chi connectivity index (χ4n) is 2.08. The van der Waals surface area contributed by atoms with E-state index in [0.29, 0.717) is 18.9 Å². The lowest BCUT2D eigenvalue weighted by molar-refractivity contribution is 0.371. The van der Waals surface area contributed by atoms with Crippen LogP contribution in [0.3, 0.4) is 0 Å². The van der Waals surface area contributed by atoms with Gasteiger partial charge in [-0.05, 0) is 12.0 Å². The Labute approximate surface area is 160 Å². The number of rotatable bonds is 7. The van der Waals surface area contributed by atoms with E-state index in [4.69, 9.17) is 4.52 Å². The van der Waals surface area contributed by atoms with Gasteiger partial charge in [-0.2, -0.15) is 4.98 Å². The zero-order valence-corrected chi connectivity index (χ0v) is 16.8. The van der Waals surface area contributed by atoms with Gasteiger partial charge in [-0.1, -0.05) is 49.3 Å². The lowest BCUT2D eigenvalue weighted by Gasteiger charge is -2.11. The Morgan fingerprint density at radius 3 is 2.38 bits per heavy atom. The van der Waals surface area contributed by atoms with Gasteiger partial charge < -0.3 is 15.2 Å². The minimum Gasteiger partial charge on any atom is -0.356 e. The number of aliphatic imine (C=N–C) groups is 1. The minimum absolute atomic E-state index is 0. The SMILES string of the molecule is CN=C(NCCc1ccccc1)NCCc1nc(C(C)C)no1.I. The van der Waals surface area contributed by atoms with Crippen molar-refractivity contribution in [2.24, 2.45) is 4.99 Å². The second-order valence-electron chi connectivity index (χ2n) is 5.61. The van der Waals surface area contributed by atoms with Gasteiger partial charge in [0, 0.05) is 32.5 Å². The predicted octanol–water partition coefficient (Wildman–Crippen LogP) is 2.76. The second kappa shape index (κ2) is 11.0. The average molecular weight is 443 g/mol. The van der Waals surface area contributed by atoms with Crippen molar-refractivity contribution in [2.45, 2.75) is 32.6 Å². The first-order valence-corrected chi connectivity index (χ1v) is 8.00. The molecule has 0 aliphatic heterocycles. The zero-order valence-electron chi connectivity index (χ0n) is 14.5. The summed E-state index contributed by atoms with van der Waals surface area (Å²) in [6, 6.07) is 10.4. The van der Waals surface area contributed by atoms with E-state index in [9.17, 15) is 0 Å². The van der Waals surface area contributed by atoms with E-state index in [1.807, 2.05) is 19.9 Å². The maximum atomic E-state index is 5.22. The number of hydrogen-bond acceptors (Lipinski definition) is 4. The molecule has 6 nitrogen and oxygen atoms in total. The molecule has 1 aromatic heterocycles. The van der Waals surface area contributed by atoms with Gasteiger partial charge >= 0.3 is 0 Å². The van der Waals surface area contributed by atoms with Gasteiger partial charge in [0.2, 0.25) is 5.89 Å². The molecule has 1 heterocycles. The van der Waals surface area contributed by atoms with Crippen LogP contribution in [0, 0.1) is 0 Å². The van der Waals surface area contributed by atoms with Crippen LogP contribution in [0.1, 0.15) is 37.0 Å². The summed E-state index contributed by atoms with van der Waals surface area (Å²) in [7, 11) is 1.77. The first kappa shape index (κ1) is 20.4. The summed E-state index contributed by atoms with van der Waals surface area (Å²) in [6.45, 7) is 5.63. The molecule has 24 heavy (non-hydrogen) atoms. The summed E-state index contributed by atoms with van der Waals surface area (Å²) in [6.07, 6.45) is 1.64. The quantitative estimate of drug-likeness (QED) is 0.391. The number of benzene rings is 1. The van der Waals surface area contributed by atoms with Gasteiger partial charge in [-0.25, -0.2) is 0 Å². The van der Waals surface area contributed by atoms with Gasteiger partial charge in [-0.15, -0.1) is 24.0 Å². The van der Waals surface area contributed by atoms with E-state index in [1.54, 1.807) is 7.05 Å². The smallest absolute Gasteiger partial charge is 0.228 e. The Kier molecular flexibility index (Phi) is 9.36. The Balaban J connectivity index is 0.00000288. The van der Waals surface area contributed by atoms with Gasteiger partial charge in [-0.3, -0.25) is 4.99 Å². The highest BCUT2D eigenvalue weighted by molar-refractivity contribution is 14.0. The van der Waals surface area contributed by atoms with Crippen LogP contribution in [0.2, 0.25) is 0 Å². The summed E-state index contributed by atoms with van der Waals surface area (Å²) in [4.78, 5) is 8.57. The molecule has 2 aromatic rings. The van der Waals surface area contributed by atoms with Crippen molar-refractivity contribution >= 4 is 29.9 Å². The molecule has 0 bridgehead atoms. The van der Waals surface area contributed by atoms with Crippen LogP contribution in [0.15, 0.2) is 39.8 Å². The van der Waals surface area contributed by atoms with E-state index in [1.165, 1.54) is 5.56 Å². The molecule has 0 atom stereocenters. The average Bonchev–Trinajstić information content (AvgIpc) is 3.03. The monoisotopic (exact) mass is 443 g/mol. The standard InChI is InChI=1S/C17H25N5O.HI/c1-13(2)16-21-15(23-22-16)10-12-20-17(18-3)19-11-9-14-7-5-4-6-8-14;/h4-8,13H,9-12H2,1-3H3,(H2,18,19,20);1H. The lowest BCUT2D eigenvalue weighted by atomic mass is 10.1. The number of nitrogens with one attached hydrogen (secondary N) is 2. The molecule has 0 aliphatic carbocycles. The van der Waals surface area contributed by atoms with Crippen LogP contribution in [0.25, 0.3) is 0 Å². The predicted molar refractivity (Wildman–Crippen MR) is 107 cm³/mol. The summed E-state index contributed by atoms with van der Waals surface area (Å²) >= 11 is 0. The van der Waals surface area contributed by atoms with Gasteiger partial charge in [0.15, 0.2) is 11.8 Å². The number of guanidine groups is 1. The summed E-state index contributed by atoms with van der Waals surface area (Å²) in [5, 5.41) is 10.5. The van der Waals surface area contributed by atoms with Crippen molar-refractivity contribution in [1.29, 1.82) is 0 Å². The summed E-state index contributed by atoms with van der Waals surface area (Å²) in [5.74, 6) is 2.48. The molecule has 0 aliphatic rings. The molecule has 0 saturated carbocycles. The molecule has 0 fully saturated rings. The molecule has 0 radical (unpaired) electrons. The molecular formula is C17H26IN5O. The Morgan fingerprint density at radius 2 is 1.79 bits per heavy atom. The maximum Gasteiger partial charge on any atom is 0.228 e. The fourth-order valence-corrected chi connectivity index (χ4v) is 2.08. The highest BCUT2D eigenvalue weighted by atomic mass is 127. The molecule has 0 saturated heterocycles. The summed E-state index contributed by atoms with van der Waals surface area (Å²) < 4.78 is 5.22. The topological polar surface area (TPSA) is 75.3 Å². The Bertz CT molecular complexity index is 612. The molecule has 7 heteroatoms. The highest BCUT2D eigenvalue weighted by Gasteiger charge is 2.09. The van der Waals surface area contributed by atoms with Crippen LogP contribution in [-0.4, -0.2) is 36.2 Å². The van der Waals surface area contributed by atoms with Crippen LogP contribution in [-0.2, 0) is 12.8 Å².